The predicted octanol–water partition coefficient (Wildman–Crippen LogP) is 3.03. The molecule has 1 heterocycles. The molecule has 1 atom stereocenters. The van der Waals surface area contributed by atoms with Crippen LogP contribution < -0.4 is 4.90 Å². The zero-order valence-corrected chi connectivity index (χ0v) is 11.5. The molecule has 1 rings (SSSR count). The molecule has 0 saturated heterocycles. The van der Waals surface area contributed by atoms with Crippen molar-refractivity contribution >= 4 is 21.7 Å². The van der Waals surface area contributed by atoms with Gasteiger partial charge in [-0.05, 0) is 35.7 Å². The van der Waals surface area contributed by atoms with Gasteiger partial charge >= 0.3 is 0 Å². The quantitative estimate of drug-likeness (QED) is 0.792. The van der Waals surface area contributed by atoms with Crippen LogP contribution in [0, 0.1) is 12.8 Å². The number of anilines is 1. The van der Waals surface area contributed by atoms with Crippen LogP contribution in [0.15, 0.2) is 10.7 Å². The molecule has 1 aromatic heterocycles. The minimum atomic E-state index is 0.464. The molecule has 0 fully saturated rings. The Labute approximate surface area is 100 Å². The first kappa shape index (κ1) is 12.4. The van der Waals surface area contributed by atoms with Crippen LogP contribution in [-0.2, 0) is 0 Å². The summed E-state index contributed by atoms with van der Waals surface area (Å²) in [7, 11) is 2.07. The lowest BCUT2D eigenvalue weighted by Crippen LogP contribution is -2.33. The smallest absolute Gasteiger partial charge is 0.133 e. The molecule has 0 bridgehead atoms. The van der Waals surface area contributed by atoms with Crippen LogP contribution in [0.3, 0.4) is 0 Å². The predicted molar refractivity (Wildman–Crippen MR) is 67.2 cm³/mol. The van der Waals surface area contributed by atoms with Crippen molar-refractivity contribution in [3.63, 3.8) is 0 Å². The number of aryl methyl sites for hydroxylation is 1. The first-order valence-corrected chi connectivity index (χ1v) is 5.95. The number of nitrogens with zero attached hydrogens (tertiary/aromatic N) is 3. The van der Waals surface area contributed by atoms with Crippen molar-refractivity contribution in [2.45, 2.75) is 33.7 Å². The maximum absolute atomic E-state index is 4.42. The second-order valence-electron chi connectivity index (χ2n) is 4.19. The minimum Gasteiger partial charge on any atom is -0.357 e. The zero-order chi connectivity index (χ0) is 11.6. The van der Waals surface area contributed by atoms with E-state index in [0.717, 1.165) is 16.2 Å². The lowest BCUT2D eigenvalue weighted by molar-refractivity contribution is 0.502. The summed E-state index contributed by atoms with van der Waals surface area (Å²) < 4.78 is 0.841. The molecule has 0 spiro atoms. The summed E-state index contributed by atoms with van der Waals surface area (Å²) in [5, 5.41) is 0. The van der Waals surface area contributed by atoms with Crippen molar-refractivity contribution in [2.24, 2.45) is 5.92 Å². The highest BCUT2D eigenvalue weighted by Crippen LogP contribution is 2.19. The molecule has 0 radical (unpaired) electrons. The molecule has 1 unspecified atom stereocenters. The molecule has 4 heteroatoms. The Morgan fingerprint density at radius 3 is 2.33 bits per heavy atom. The molecule has 0 aliphatic carbocycles. The van der Waals surface area contributed by atoms with E-state index in [9.17, 15) is 0 Å². The highest BCUT2D eigenvalue weighted by atomic mass is 79.9. The third kappa shape index (κ3) is 3.16. The van der Waals surface area contributed by atoms with Crippen LogP contribution in [0.5, 0.6) is 0 Å². The Morgan fingerprint density at radius 2 is 1.87 bits per heavy atom. The molecule has 0 aliphatic heterocycles. The van der Waals surface area contributed by atoms with Crippen LogP contribution in [0.2, 0.25) is 0 Å². The summed E-state index contributed by atoms with van der Waals surface area (Å²) in [4.78, 5) is 10.8. The molecule has 1 aromatic rings. The average Bonchev–Trinajstić information content (AvgIpc) is 2.13. The number of hydrogen-bond acceptors (Lipinski definition) is 3. The summed E-state index contributed by atoms with van der Waals surface area (Å²) in [6.45, 7) is 8.53. The van der Waals surface area contributed by atoms with Gasteiger partial charge in [0, 0.05) is 19.2 Å². The summed E-state index contributed by atoms with van der Waals surface area (Å²) in [6, 6.07) is 2.41. The normalized spacial score (nSPS) is 13.0. The van der Waals surface area contributed by atoms with Crippen molar-refractivity contribution in [1.29, 1.82) is 0 Å². The molecule has 0 aliphatic rings. The Morgan fingerprint density at radius 1 is 1.27 bits per heavy atom. The first-order valence-electron chi connectivity index (χ1n) is 5.16. The van der Waals surface area contributed by atoms with Gasteiger partial charge < -0.3 is 4.90 Å². The number of hydrogen-bond donors (Lipinski definition) is 0. The first-order chi connectivity index (χ1) is 6.91. The third-order valence-electron chi connectivity index (χ3n) is 2.73. The SMILES string of the molecule is Cc1nc(Br)cc(N(C)C(C)C(C)C)n1. The fraction of sp³-hybridized carbons (Fsp3) is 0.636. The van der Waals surface area contributed by atoms with Gasteiger partial charge in [0.25, 0.3) is 0 Å². The number of rotatable bonds is 3. The zero-order valence-electron chi connectivity index (χ0n) is 9.95. The lowest BCUT2D eigenvalue weighted by Gasteiger charge is -2.29. The van der Waals surface area contributed by atoms with Crippen LogP contribution in [-0.4, -0.2) is 23.1 Å². The van der Waals surface area contributed by atoms with Gasteiger partial charge in [0.1, 0.15) is 16.2 Å². The van der Waals surface area contributed by atoms with E-state index in [2.05, 4.69) is 58.6 Å². The molecule has 0 saturated carbocycles. The maximum atomic E-state index is 4.42. The Balaban J connectivity index is 2.95. The van der Waals surface area contributed by atoms with Crippen LogP contribution >= 0.6 is 15.9 Å². The summed E-state index contributed by atoms with van der Waals surface area (Å²) >= 11 is 3.39. The van der Waals surface area contributed by atoms with Crippen LogP contribution in [0.25, 0.3) is 0 Å². The fourth-order valence-corrected chi connectivity index (χ4v) is 1.81. The third-order valence-corrected chi connectivity index (χ3v) is 3.14. The highest BCUT2D eigenvalue weighted by molar-refractivity contribution is 9.10. The Kier molecular flexibility index (Phi) is 4.08. The monoisotopic (exact) mass is 271 g/mol. The van der Waals surface area contributed by atoms with Gasteiger partial charge in [-0.1, -0.05) is 13.8 Å². The molecule has 0 N–H and O–H groups in total. The van der Waals surface area contributed by atoms with Gasteiger partial charge in [-0.25, -0.2) is 9.97 Å². The topological polar surface area (TPSA) is 29.0 Å². The number of halogens is 1. The number of aromatic nitrogens is 2. The largest absolute Gasteiger partial charge is 0.357 e. The molecule has 3 nitrogen and oxygen atoms in total. The van der Waals surface area contributed by atoms with E-state index in [-0.39, 0.29) is 0 Å². The van der Waals surface area contributed by atoms with Crippen molar-refractivity contribution in [2.75, 3.05) is 11.9 Å². The van der Waals surface area contributed by atoms with Gasteiger partial charge in [0.2, 0.25) is 0 Å². The van der Waals surface area contributed by atoms with Crippen molar-refractivity contribution in [3.05, 3.63) is 16.5 Å². The average molecular weight is 272 g/mol. The summed E-state index contributed by atoms with van der Waals surface area (Å²) in [5.74, 6) is 2.36. The van der Waals surface area contributed by atoms with Crippen molar-refractivity contribution < 1.29 is 0 Å². The van der Waals surface area contributed by atoms with Crippen molar-refractivity contribution in [3.8, 4) is 0 Å². The minimum absolute atomic E-state index is 0.464. The fourth-order valence-electron chi connectivity index (χ4n) is 1.35. The van der Waals surface area contributed by atoms with Gasteiger partial charge in [-0.3, -0.25) is 0 Å². The standard InChI is InChI=1S/C11H18BrN3/c1-7(2)8(3)15(5)11-6-10(12)13-9(4)14-11/h6-8H,1-5H3. The molecular formula is C11H18BrN3. The van der Waals surface area contributed by atoms with E-state index in [1.54, 1.807) is 0 Å². The lowest BCUT2D eigenvalue weighted by atomic mass is 10.1. The van der Waals surface area contributed by atoms with Gasteiger partial charge in [-0.15, -0.1) is 0 Å². The van der Waals surface area contributed by atoms with Gasteiger partial charge in [-0.2, -0.15) is 0 Å². The van der Waals surface area contributed by atoms with E-state index in [0.29, 0.717) is 12.0 Å². The molecule has 15 heavy (non-hydrogen) atoms. The molecule has 0 aromatic carbocycles. The molecule has 84 valence electrons. The molecule has 0 amide bonds. The van der Waals surface area contributed by atoms with E-state index in [1.165, 1.54) is 0 Å². The van der Waals surface area contributed by atoms with Crippen LogP contribution in [0.1, 0.15) is 26.6 Å². The highest BCUT2D eigenvalue weighted by Gasteiger charge is 2.15. The summed E-state index contributed by atoms with van der Waals surface area (Å²) in [5.41, 5.74) is 0. The van der Waals surface area contributed by atoms with E-state index < -0.39 is 0 Å². The second-order valence-corrected chi connectivity index (χ2v) is 5.00. The Hall–Kier alpha value is -0.640. The van der Waals surface area contributed by atoms with Crippen molar-refractivity contribution in [1.82, 2.24) is 9.97 Å². The van der Waals surface area contributed by atoms with E-state index >= 15 is 0 Å². The van der Waals surface area contributed by atoms with Gasteiger partial charge in [0.15, 0.2) is 0 Å². The van der Waals surface area contributed by atoms with Crippen LogP contribution in [0.4, 0.5) is 5.82 Å². The summed E-state index contributed by atoms with van der Waals surface area (Å²) in [6.07, 6.45) is 0. The van der Waals surface area contributed by atoms with E-state index in [4.69, 9.17) is 0 Å². The Bertz CT molecular complexity index is 318. The maximum Gasteiger partial charge on any atom is 0.133 e. The molecular weight excluding hydrogens is 254 g/mol. The second kappa shape index (κ2) is 4.92. The van der Waals surface area contributed by atoms with E-state index in [1.807, 2.05) is 13.0 Å². The van der Waals surface area contributed by atoms with Gasteiger partial charge in [0.05, 0.1) is 0 Å².